The van der Waals surface area contributed by atoms with E-state index in [1.165, 1.54) is 6.42 Å². The SMILES string of the molecule is CCOC(=O)CCCCCOCC1CCNC1. The van der Waals surface area contributed by atoms with Crippen LogP contribution in [0, 0.1) is 5.92 Å². The van der Waals surface area contributed by atoms with Gasteiger partial charge in [-0.3, -0.25) is 4.79 Å². The van der Waals surface area contributed by atoms with Crippen LogP contribution >= 0.6 is 0 Å². The van der Waals surface area contributed by atoms with E-state index >= 15 is 0 Å². The molecule has 0 bridgehead atoms. The maximum absolute atomic E-state index is 11.0. The van der Waals surface area contributed by atoms with Gasteiger partial charge < -0.3 is 14.8 Å². The number of nitrogens with one attached hydrogen (secondary N) is 1. The normalized spacial score (nSPS) is 19.5. The fourth-order valence-electron chi connectivity index (χ4n) is 1.99. The molecule has 0 amide bonds. The number of hydrogen-bond donors (Lipinski definition) is 1. The predicted octanol–water partition coefficient (Wildman–Crippen LogP) is 1.74. The van der Waals surface area contributed by atoms with E-state index in [4.69, 9.17) is 9.47 Å². The van der Waals surface area contributed by atoms with E-state index in [0.717, 1.165) is 45.6 Å². The molecule has 0 aromatic heterocycles. The van der Waals surface area contributed by atoms with Crippen LogP contribution in [-0.2, 0) is 14.3 Å². The standard InChI is InChI=1S/C13H25NO3/c1-2-17-13(15)6-4-3-5-9-16-11-12-7-8-14-10-12/h12,14H,2-11H2,1H3. The van der Waals surface area contributed by atoms with E-state index < -0.39 is 0 Å². The first-order valence-electron chi connectivity index (χ1n) is 6.77. The van der Waals surface area contributed by atoms with Gasteiger partial charge in [-0.2, -0.15) is 0 Å². The lowest BCUT2D eigenvalue weighted by Gasteiger charge is -2.08. The monoisotopic (exact) mass is 243 g/mol. The minimum atomic E-state index is -0.0783. The van der Waals surface area contributed by atoms with Gasteiger partial charge in [0.05, 0.1) is 13.2 Å². The highest BCUT2D eigenvalue weighted by atomic mass is 16.5. The van der Waals surface area contributed by atoms with Crippen LogP contribution in [0.4, 0.5) is 0 Å². The molecule has 1 aliphatic rings. The molecule has 1 rings (SSSR count). The molecular weight excluding hydrogens is 218 g/mol. The summed E-state index contributed by atoms with van der Waals surface area (Å²) in [4.78, 5) is 11.0. The lowest BCUT2D eigenvalue weighted by molar-refractivity contribution is -0.143. The Hall–Kier alpha value is -0.610. The van der Waals surface area contributed by atoms with Gasteiger partial charge in [0.1, 0.15) is 0 Å². The number of rotatable bonds is 9. The summed E-state index contributed by atoms with van der Waals surface area (Å²) < 4.78 is 10.5. The number of carbonyl (C=O) groups excluding carboxylic acids is 1. The molecule has 1 atom stereocenters. The predicted molar refractivity (Wildman–Crippen MR) is 66.9 cm³/mol. The maximum Gasteiger partial charge on any atom is 0.305 e. The molecule has 0 saturated carbocycles. The minimum absolute atomic E-state index is 0.0783. The highest BCUT2D eigenvalue weighted by Gasteiger charge is 2.13. The van der Waals surface area contributed by atoms with E-state index in [1.807, 2.05) is 6.92 Å². The molecule has 0 aromatic carbocycles. The third kappa shape index (κ3) is 7.34. The molecule has 1 fully saturated rings. The van der Waals surface area contributed by atoms with Crippen molar-refractivity contribution in [3.8, 4) is 0 Å². The first kappa shape index (κ1) is 14.5. The Morgan fingerprint density at radius 2 is 2.24 bits per heavy atom. The Balaban J connectivity index is 1.79. The Bertz CT molecular complexity index is 203. The Labute approximate surface area is 104 Å². The van der Waals surface area contributed by atoms with Gasteiger partial charge in [-0.15, -0.1) is 0 Å². The van der Waals surface area contributed by atoms with Gasteiger partial charge in [-0.05, 0) is 38.6 Å². The molecule has 4 nitrogen and oxygen atoms in total. The van der Waals surface area contributed by atoms with Crippen LogP contribution < -0.4 is 5.32 Å². The van der Waals surface area contributed by atoms with Crippen LogP contribution in [0.15, 0.2) is 0 Å². The zero-order valence-electron chi connectivity index (χ0n) is 10.9. The van der Waals surface area contributed by atoms with E-state index in [9.17, 15) is 4.79 Å². The van der Waals surface area contributed by atoms with Crippen LogP contribution in [0.1, 0.15) is 39.0 Å². The summed E-state index contributed by atoms with van der Waals surface area (Å²) in [6, 6.07) is 0. The van der Waals surface area contributed by atoms with E-state index in [1.54, 1.807) is 0 Å². The molecule has 4 heteroatoms. The van der Waals surface area contributed by atoms with Crippen molar-refractivity contribution in [2.75, 3.05) is 32.9 Å². The van der Waals surface area contributed by atoms with Gasteiger partial charge in [-0.1, -0.05) is 6.42 Å². The van der Waals surface area contributed by atoms with Gasteiger partial charge >= 0.3 is 5.97 Å². The van der Waals surface area contributed by atoms with E-state index in [2.05, 4.69) is 5.32 Å². The van der Waals surface area contributed by atoms with Gasteiger partial charge in [0.15, 0.2) is 0 Å². The molecule has 17 heavy (non-hydrogen) atoms. The molecule has 0 aromatic rings. The summed E-state index contributed by atoms with van der Waals surface area (Å²) in [5, 5.41) is 3.33. The van der Waals surface area contributed by atoms with Crippen LogP contribution in [0.5, 0.6) is 0 Å². The average molecular weight is 243 g/mol. The van der Waals surface area contributed by atoms with E-state index in [-0.39, 0.29) is 5.97 Å². The van der Waals surface area contributed by atoms with Crippen molar-refractivity contribution in [3.05, 3.63) is 0 Å². The molecule has 1 N–H and O–H groups in total. The second kappa shape index (κ2) is 9.42. The third-order valence-corrected chi connectivity index (χ3v) is 2.99. The van der Waals surface area contributed by atoms with Gasteiger partial charge in [0.2, 0.25) is 0 Å². The molecule has 1 unspecified atom stereocenters. The summed E-state index contributed by atoms with van der Waals surface area (Å²) in [6.07, 6.45) is 4.78. The van der Waals surface area contributed by atoms with Crippen molar-refractivity contribution < 1.29 is 14.3 Å². The Kier molecular flexibility index (Phi) is 8.01. The summed E-state index contributed by atoms with van der Waals surface area (Å²) >= 11 is 0. The number of hydrogen-bond acceptors (Lipinski definition) is 4. The lowest BCUT2D eigenvalue weighted by atomic mass is 10.1. The Morgan fingerprint density at radius 1 is 1.35 bits per heavy atom. The minimum Gasteiger partial charge on any atom is -0.466 e. The molecule has 1 aliphatic heterocycles. The highest BCUT2D eigenvalue weighted by Crippen LogP contribution is 2.08. The summed E-state index contributed by atoms with van der Waals surface area (Å²) in [5.74, 6) is 0.625. The zero-order valence-corrected chi connectivity index (χ0v) is 10.9. The largest absolute Gasteiger partial charge is 0.466 e. The van der Waals surface area contributed by atoms with Gasteiger partial charge in [0, 0.05) is 19.6 Å². The lowest BCUT2D eigenvalue weighted by Crippen LogP contribution is -2.14. The molecule has 0 aliphatic carbocycles. The van der Waals surface area contributed by atoms with Crippen molar-refractivity contribution in [2.45, 2.75) is 39.0 Å². The first-order valence-corrected chi connectivity index (χ1v) is 6.77. The van der Waals surface area contributed by atoms with Gasteiger partial charge in [0.25, 0.3) is 0 Å². The molecule has 1 heterocycles. The van der Waals surface area contributed by atoms with Crippen LogP contribution in [0.2, 0.25) is 0 Å². The maximum atomic E-state index is 11.0. The molecular formula is C13H25NO3. The highest BCUT2D eigenvalue weighted by molar-refractivity contribution is 5.69. The van der Waals surface area contributed by atoms with Crippen LogP contribution in [0.3, 0.4) is 0 Å². The second-order valence-electron chi connectivity index (χ2n) is 4.55. The quantitative estimate of drug-likeness (QED) is 0.495. The second-order valence-corrected chi connectivity index (χ2v) is 4.55. The molecule has 100 valence electrons. The molecule has 0 radical (unpaired) electrons. The molecule has 1 saturated heterocycles. The number of esters is 1. The number of ether oxygens (including phenoxy) is 2. The summed E-state index contributed by atoms with van der Waals surface area (Å²) in [7, 11) is 0. The number of carbonyl (C=O) groups is 1. The molecule has 0 spiro atoms. The summed E-state index contributed by atoms with van der Waals surface area (Å²) in [6.45, 7) is 6.25. The van der Waals surface area contributed by atoms with Crippen molar-refractivity contribution in [1.82, 2.24) is 5.32 Å². The summed E-state index contributed by atoms with van der Waals surface area (Å²) in [5.41, 5.74) is 0. The third-order valence-electron chi connectivity index (χ3n) is 2.99. The zero-order chi connectivity index (χ0) is 12.3. The van der Waals surface area contributed by atoms with Crippen molar-refractivity contribution >= 4 is 5.97 Å². The van der Waals surface area contributed by atoms with Crippen LogP contribution in [0.25, 0.3) is 0 Å². The van der Waals surface area contributed by atoms with Crippen molar-refractivity contribution in [3.63, 3.8) is 0 Å². The first-order chi connectivity index (χ1) is 8.33. The smallest absolute Gasteiger partial charge is 0.305 e. The van der Waals surface area contributed by atoms with Gasteiger partial charge in [-0.25, -0.2) is 0 Å². The van der Waals surface area contributed by atoms with Crippen molar-refractivity contribution in [1.29, 1.82) is 0 Å². The van der Waals surface area contributed by atoms with Crippen LogP contribution in [-0.4, -0.2) is 38.9 Å². The van der Waals surface area contributed by atoms with Crippen molar-refractivity contribution in [2.24, 2.45) is 5.92 Å². The number of unbranched alkanes of at least 4 members (excludes halogenated alkanes) is 2. The van der Waals surface area contributed by atoms with E-state index in [0.29, 0.717) is 18.9 Å². The average Bonchev–Trinajstić information content (AvgIpc) is 2.81. The Morgan fingerprint density at radius 3 is 2.94 bits per heavy atom. The fraction of sp³-hybridized carbons (Fsp3) is 0.923. The topological polar surface area (TPSA) is 47.6 Å². The fourth-order valence-corrected chi connectivity index (χ4v) is 1.99.